The highest BCUT2D eigenvalue weighted by molar-refractivity contribution is 6.31. The van der Waals surface area contributed by atoms with Crippen molar-refractivity contribution in [2.45, 2.75) is 32.1 Å². The van der Waals surface area contributed by atoms with Crippen LogP contribution in [0.2, 0.25) is 5.02 Å². The van der Waals surface area contributed by atoms with E-state index in [0.717, 1.165) is 6.54 Å². The summed E-state index contributed by atoms with van der Waals surface area (Å²) in [5, 5.41) is 12.9. The molecule has 0 aromatic heterocycles. The van der Waals surface area contributed by atoms with Crippen LogP contribution in [0.3, 0.4) is 0 Å². The van der Waals surface area contributed by atoms with Gasteiger partial charge in [-0.25, -0.2) is 4.79 Å². The summed E-state index contributed by atoms with van der Waals surface area (Å²) < 4.78 is 0. The van der Waals surface area contributed by atoms with Gasteiger partial charge >= 0.3 is 5.97 Å². The molecule has 0 unspecified atom stereocenters. The van der Waals surface area contributed by atoms with E-state index in [2.05, 4.69) is 5.32 Å². The van der Waals surface area contributed by atoms with Crippen molar-refractivity contribution in [3.05, 3.63) is 28.8 Å². The lowest BCUT2D eigenvalue weighted by Crippen LogP contribution is -2.18. The Hall–Kier alpha value is -1.22. The molecule has 4 heteroatoms. The molecule has 2 rings (SSSR count). The molecule has 1 aliphatic rings. The average molecular weight is 268 g/mol. The minimum atomic E-state index is -0.919. The molecule has 0 radical (unpaired) electrons. The molecule has 1 aromatic rings. The first kappa shape index (κ1) is 13.2. The second-order valence-electron chi connectivity index (χ2n) is 4.88. The van der Waals surface area contributed by atoms with E-state index in [0.29, 0.717) is 16.6 Å². The summed E-state index contributed by atoms with van der Waals surface area (Å²) >= 11 is 5.91. The van der Waals surface area contributed by atoms with E-state index in [-0.39, 0.29) is 5.56 Å². The average Bonchev–Trinajstić information content (AvgIpc) is 2.37. The molecule has 3 nitrogen and oxygen atoms in total. The Labute approximate surface area is 112 Å². The minimum absolute atomic E-state index is 0.287. The Kier molecular flexibility index (Phi) is 4.48. The molecule has 1 saturated carbocycles. The van der Waals surface area contributed by atoms with Gasteiger partial charge in [-0.2, -0.15) is 0 Å². The Morgan fingerprint density at radius 3 is 2.72 bits per heavy atom. The molecule has 0 aliphatic heterocycles. The van der Waals surface area contributed by atoms with E-state index in [9.17, 15) is 4.79 Å². The van der Waals surface area contributed by atoms with Crippen molar-refractivity contribution in [2.75, 3.05) is 11.9 Å². The highest BCUT2D eigenvalue weighted by Crippen LogP contribution is 2.26. The summed E-state index contributed by atoms with van der Waals surface area (Å²) in [4.78, 5) is 11.1. The number of carbonyl (C=O) groups is 1. The van der Waals surface area contributed by atoms with Crippen molar-refractivity contribution in [3.63, 3.8) is 0 Å². The number of halogens is 1. The van der Waals surface area contributed by atoms with Gasteiger partial charge in [-0.15, -0.1) is 0 Å². The van der Waals surface area contributed by atoms with Crippen LogP contribution in [0.4, 0.5) is 5.69 Å². The Morgan fingerprint density at radius 1 is 1.33 bits per heavy atom. The molecule has 0 bridgehead atoms. The van der Waals surface area contributed by atoms with E-state index in [4.69, 9.17) is 16.7 Å². The summed E-state index contributed by atoms with van der Waals surface area (Å²) in [5.74, 6) is -0.266. The number of hydrogen-bond donors (Lipinski definition) is 2. The normalized spacial score (nSPS) is 16.5. The third kappa shape index (κ3) is 3.39. The van der Waals surface area contributed by atoms with Crippen LogP contribution in [0.5, 0.6) is 0 Å². The first-order chi connectivity index (χ1) is 8.66. The molecule has 1 fully saturated rings. The molecule has 0 amide bonds. The van der Waals surface area contributed by atoms with E-state index < -0.39 is 5.97 Å². The second-order valence-corrected chi connectivity index (χ2v) is 5.32. The fourth-order valence-corrected chi connectivity index (χ4v) is 2.67. The second kappa shape index (κ2) is 6.10. The smallest absolute Gasteiger partial charge is 0.337 e. The van der Waals surface area contributed by atoms with Crippen LogP contribution in [-0.4, -0.2) is 17.6 Å². The molecule has 0 atom stereocenters. The lowest BCUT2D eigenvalue weighted by molar-refractivity contribution is 0.0698. The number of anilines is 1. The number of carboxylic acid groups (broad SMARTS) is 1. The van der Waals surface area contributed by atoms with Gasteiger partial charge in [0, 0.05) is 11.6 Å². The predicted molar refractivity (Wildman–Crippen MR) is 73.5 cm³/mol. The summed E-state index contributed by atoms with van der Waals surface area (Å²) in [7, 11) is 0. The maximum atomic E-state index is 11.1. The third-order valence-corrected chi connectivity index (χ3v) is 3.75. The van der Waals surface area contributed by atoms with Crippen LogP contribution in [0.15, 0.2) is 18.2 Å². The standard InChI is InChI=1S/C14H18ClNO2/c15-11-6-7-12(14(17)18)13(8-11)16-9-10-4-2-1-3-5-10/h6-8,10,16H,1-5,9H2,(H,17,18). The monoisotopic (exact) mass is 267 g/mol. The van der Waals surface area contributed by atoms with Crippen molar-refractivity contribution in [2.24, 2.45) is 5.92 Å². The van der Waals surface area contributed by atoms with E-state index in [1.54, 1.807) is 18.2 Å². The first-order valence-corrected chi connectivity index (χ1v) is 6.81. The molecule has 0 spiro atoms. The zero-order chi connectivity index (χ0) is 13.0. The van der Waals surface area contributed by atoms with E-state index >= 15 is 0 Å². The molecule has 1 aromatic carbocycles. The molecule has 0 heterocycles. The number of nitrogens with one attached hydrogen (secondary N) is 1. The van der Waals surface area contributed by atoms with Crippen LogP contribution in [0.1, 0.15) is 42.5 Å². The van der Waals surface area contributed by atoms with Gasteiger partial charge in [-0.1, -0.05) is 30.9 Å². The van der Waals surface area contributed by atoms with Crippen LogP contribution >= 0.6 is 11.6 Å². The Balaban J connectivity index is 2.03. The molecule has 2 N–H and O–H groups in total. The van der Waals surface area contributed by atoms with Crippen molar-refractivity contribution >= 4 is 23.3 Å². The predicted octanol–water partition coefficient (Wildman–Crippen LogP) is 4.03. The molecular weight excluding hydrogens is 250 g/mol. The van der Waals surface area contributed by atoms with Crippen LogP contribution in [0, 0.1) is 5.92 Å². The number of rotatable bonds is 4. The van der Waals surface area contributed by atoms with Gasteiger partial charge in [0.15, 0.2) is 0 Å². The van der Waals surface area contributed by atoms with E-state index in [1.807, 2.05) is 0 Å². The number of carboxylic acids is 1. The van der Waals surface area contributed by atoms with Crippen molar-refractivity contribution < 1.29 is 9.90 Å². The highest BCUT2D eigenvalue weighted by atomic mass is 35.5. The fraction of sp³-hybridized carbons (Fsp3) is 0.500. The first-order valence-electron chi connectivity index (χ1n) is 6.43. The summed E-state index contributed by atoms with van der Waals surface area (Å²) in [5.41, 5.74) is 0.913. The van der Waals surface area contributed by atoms with Gasteiger partial charge in [-0.3, -0.25) is 0 Å². The summed E-state index contributed by atoms with van der Waals surface area (Å²) in [6.07, 6.45) is 6.36. The van der Waals surface area contributed by atoms with E-state index in [1.165, 1.54) is 32.1 Å². The SMILES string of the molecule is O=C(O)c1ccc(Cl)cc1NCC1CCCCC1. The van der Waals surface area contributed by atoms with Crippen molar-refractivity contribution in [1.29, 1.82) is 0 Å². The third-order valence-electron chi connectivity index (χ3n) is 3.52. The fourth-order valence-electron chi connectivity index (χ4n) is 2.49. The van der Waals surface area contributed by atoms with Crippen LogP contribution in [-0.2, 0) is 0 Å². The molecule has 0 saturated heterocycles. The Bertz CT molecular complexity index is 428. The summed E-state index contributed by atoms with van der Waals surface area (Å²) in [6.45, 7) is 0.834. The number of aromatic carboxylic acids is 1. The quantitative estimate of drug-likeness (QED) is 0.866. The zero-order valence-electron chi connectivity index (χ0n) is 10.3. The topological polar surface area (TPSA) is 49.3 Å². The Morgan fingerprint density at radius 2 is 2.06 bits per heavy atom. The lowest BCUT2D eigenvalue weighted by Gasteiger charge is -2.22. The van der Waals surface area contributed by atoms with Crippen LogP contribution < -0.4 is 5.32 Å². The molecular formula is C14H18ClNO2. The number of benzene rings is 1. The maximum absolute atomic E-state index is 11.1. The highest BCUT2D eigenvalue weighted by Gasteiger charge is 2.15. The van der Waals surface area contributed by atoms with Gasteiger partial charge in [-0.05, 0) is 37.0 Å². The molecule has 98 valence electrons. The van der Waals surface area contributed by atoms with Gasteiger partial charge < -0.3 is 10.4 Å². The molecule has 18 heavy (non-hydrogen) atoms. The van der Waals surface area contributed by atoms with Crippen molar-refractivity contribution in [3.8, 4) is 0 Å². The van der Waals surface area contributed by atoms with Gasteiger partial charge in [0.05, 0.1) is 11.3 Å². The number of hydrogen-bond acceptors (Lipinski definition) is 2. The molecule has 1 aliphatic carbocycles. The largest absolute Gasteiger partial charge is 0.478 e. The van der Waals surface area contributed by atoms with Gasteiger partial charge in [0.1, 0.15) is 0 Å². The maximum Gasteiger partial charge on any atom is 0.337 e. The van der Waals surface area contributed by atoms with Gasteiger partial charge in [0.25, 0.3) is 0 Å². The van der Waals surface area contributed by atoms with Crippen molar-refractivity contribution in [1.82, 2.24) is 0 Å². The summed E-state index contributed by atoms with van der Waals surface area (Å²) in [6, 6.07) is 4.85. The lowest BCUT2D eigenvalue weighted by atomic mass is 9.89. The minimum Gasteiger partial charge on any atom is -0.478 e. The zero-order valence-corrected chi connectivity index (χ0v) is 11.0. The van der Waals surface area contributed by atoms with Crippen LogP contribution in [0.25, 0.3) is 0 Å². The van der Waals surface area contributed by atoms with Gasteiger partial charge in [0.2, 0.25) is 0 Å².